The second-order valence-electron chi connectivity index (χ2n) is 11.3. The van der Waals surface area contributed by atoms with E-state index >= 15 is 0 Å². The zero-order valence-corrected chi connectivity index (χ0v) is 24.8. The molecule has 11 nitrogen and oxygen atoms in total. The molecule has 0 radical (unpaired) electrons. The first-order valence-electron chi connectivity index (χ1n) is 14.0. The van der Waals surface area contributed by atoms with E-state index in [1.165, 1.54) is 0 Å². The minimum Gasteiger partial charge on any atom is -0.458 e. The average Bonchev–Trinajstić information content (AvgIpc) is 3.39. The normalized spacial score (nSPS) is 15.5. The number of esters is 1. The summed E-state index contributed by atoms with van der Waals surface area (Å²) in [5.74, 6) is 0.965. The van der Waals surface area contributed by atoms with Crippen LogP contribution in [0.5, 0.6) is 0 Å². The van der Waals surface area contributed by atoms with Crippen molar-refractivity contribution in [3.05, 3.63) is 64.8 Å². The van der Waals surface area contributed by atoms with Crippen molar-refractivity contribution >= 4 is 34.6 Å². The number of hydrogen-bond acceptors (Lipinski definition) is 9. The molecule has 5 rings (SSSR count). The van der Waals surface area contributed by atoms with Gasteiger partial charge in [-0.2, -0.15) is 4.98 Å². The largest absolute Gasteiger partial charge is 0.458 e. The summed E-state index contributed by atoms with van der Waals surface area (Å²) < 4.78 is 9.09. The topological polar surface area (TPSA) is 110 Å². The molecular weight excluding hydrogens is 520 g/mol. The van der Waals surface area contributed by atoms with Crippen LogP contribution in [0, 0.1) is 0 Å². The van der Waals surface area contributed by atoms with Gasteiger partial charge in [0.2, 0.25) is 5.95 Å². The number of hydrogen-bond donors (Lipinski definition) is 1. The number of nitrogens with one attached hydrogen (secondary N) is 1. The van der Waals surface area contributed by atoms with Crippen LogP contribution in [0.4, 0.5) is 17.5 Å². The van der Waals surface area contributed by atoms with Gasteiger partial charge < -0.3 is 19.9 Å². The van der Waals surface area contributed by atoms with Crippen LogP contribution in [-0.4, -0.2) is 61.0 Å². The van der Waals surface area contributed by atoms with Crippen LogP contribution in [0.25, 0.3) is 16.9 Å². The first kappa shape index (κ1) is 28.1. The Hall–Kier alpha value is -4.41. The van der Waals surface area contributed by atoms with Crippen LogP contribution in [0.15, 0.2) is 53.6 Å². The second kappa shape index (κ2) is 10.9. The van der Waals surface area contributed by atoms with E-state index in [1.54, 1.807) is 28.6 Å². The van der Waals surface area contributed by atoms with E-state index in [1.807, 2.05) is 69.0 Å². The van der Waals surface area contributed by atoms with Crippen LogP contribution >= 0.6 is 0 Å². The van der Waals surface area contributed by atoms with Crippen molar-refractivity contribution in [2.45, 2.75) is 65.8 Å². The number of aryl methyl sites for hydroxylation is 1. The molecule has 0 saturated heterocycles. The molecule has 0 spiro atoms. The van der Waals surface area contributed by atoms with Gasteiger partial charge in [0.15, 0.2) is 11.5 Å². The van der Waals surface area contributed by atoms with E-state index in [9.17, 15) is 9.59 Å². The molecule has 3 aromatic heterocycles. The Bertz CT molecular complexity index is 1620. The quantitative estimate of drug-likeness (QED) is 0.322. The van der Waals surface area contributed by atoms with E-state index < -0.39 is 11.6 Å². The zero-order valence-electron chi connectivity index (χ0n) is 24.8. The summed E-state index contributed by atoms with van der Waals surface area (Å²) in [6, 6.07) is 10.7. The van der Waals surface area contributed by atoms with E-state index in [0.717, 1.165) is 29.9 Å². The highest BCUT2D eigenvalue weighted by Crippen LogP contribution is 2.36. The van der Waals surface area contributed by atoms with Gasteiger partial charge in [-0.1, -0.05) is 12.1 Å². The molecule has 0 bridgehead atoms. The number of aromatic nitrogens is 5. The summed E-state index contributed by atoms with van der Waals surface area (Å²) in [7, 11) is 1.74. The van der Waals surface area contributed by atoms with Crippen molar-refractivity contribution in [1.82, 2.24) is 24.1 Å². The number of carbonyl (C=O) groups is 1. The fourth-order valence-electron chi connectivity index (χ4n) is 5.29. The number of rotatable bonds is 8. The van der Waals surface area contributed by atoms with Gasteiger partial charge in [-0.15, -0.1) is 0 Å². The number of pyridine rings is 1. The fourth-order valence-corrected chi connectivity index (χ4v) is 5.29. The molecule has 0 saturated carbocycles. The smallest absolute Gasteiger partial charge is 0.334 e. The summed E-state index contributed by atoms with van der Waals surface area (Å²) in [4.78, 5) is 44.7. The Morgan fingerprint density at radius 2 is 1.83 bits per heavy atom. The Kier molecular flexibility index (Phi) is 7.46. The van der Waals surface area contributed by atoms with E-state index in [2.05, 4.69) is 34.0 Å². The molecule has 11 heteroatoms. The van der Waals surface area contributed by atoms with Gasteiger partial charge >= 0.3 is 11.7 Å². The lowest BCUT2D eigenvalue weighted by atomic mass is 10.0. The number of anilines is 3. The van der Waals surface area contributed by atoms with Crippen LogP contribution in [0.1, 0.15) is 47.1 Å². The molecule has 1 aliphatic rings. The van der Waals surface area contributed by atoms with Gasteiger partial charge in [0.25, 0.3) is 0 Å². The number of ether oxygens (including phenoxy) is 1. The van der Waals surface area contributed by atoms with Gasteiger partial charge in [-0.05, 0) is 71.4 Å². The zero-order chi connectivity index (χ0) is 29.5. The van der Waals surface area contributed by atoms with Crippen molar-refractivity contribution in [2.24, 2.45) is 7.05 Å². The number of carbonyl (C=O) groups excluding carboxylic acids is 1. The molecule has 1 aromatic carbocycles. The van der Waals surface area contributed by atoms with Crippen LogP contribution < -0.4 is 20.8 Å². The monoisotopic (exact) mass is 558 g/mol. The number of benzene rings is 1. The van der Waals surface area contributed by atoms with Crippen molar-refractivity contribution in [3.63, 3.8) is 0 Å². The summed E-state index contributed by atoms with van der Waals surface area (Å²) in [5.41, 5.74) is 2.93. The number of nitrogens with zero attached hydrogens (tertiary/aromatic N) is 7. The van der Waals surface area contributed by atoms with Crippen LogP contribution in [-0.2, 0) is 23.0 Å². The van der Waals surface area contributed by atoms with Gasteiger partial charge in [0.05, 0.1) is 29.3 Å². The summed E-state index contributed by atoms with van der Waals surface area (Å²) in [5, 5.41) is 3.42. The Labute approximate surface area is 239 Å². The first-order chi connectivity index (χ1) is 19.5. The maximum atomic E-state index is 13.7. The maximum Gasteiger partial charge on any atom is 0.334 e. The van der Waals surface area contributed by atoms with Gasteiger partial charge in [0.1, 0.15) is 11.6 Å². The third kappa shape index (κ3) is 5.36. The predicted octanol–water partition coefficient (Wildman–Crippen LogP) is 3.89. The predicted molar refractivity (Wildman–Crippen MR) is 161 cm³/mol. The minimum atomic E-state index is -0.654. The van der Waals surface area contributed by atoms with E-state index in [0.29, 0.717) is 29.5 Å². The Morgan fingerprint density at radius 1 is 1.12 bits per heavy atom. The molecule has 0 aliphatic carbocycles. The highest BCUT2D eigenvalue weighted by molar-refractivity contribution is 5.85. The van der Waals surface area contributed by atoms with Gasteiger partial charge in [-0.25, -0.2) is 24.1 Å². The molecule has 0 amide bonds. The molecule has 41 heavy (non-hydrogen) atoms. The highest BCUT2D eigenvalue weighted by Gasteiger charge is 2.39. The van der Waals surface area contributed by atoms with Crippen molar-refractivity contribution in [1.29, 1.82) is 0 Å². The van der Waals surface area contributed by atoms with Crippen molar-refractivity contribution in [3.8, 4) is 5.69 Å². The standard InChI is InChI=1S/C30H38N8O3/c1-8-36(9-2)28-32-18-22-25(34-28)37(19(3)33-22)24(27(39)41-30(4,5)6)17-20-12-14-21(15-13-20)38-26-23(11-10-16-31-26)35(7)29(38)40/h10-16,18-19,24,33H,8-9,17H2,1-7H3. The van der Waals surface area contributed by atoms with E-state index in [4.69, 9.17) is 9.72 Å². The second-order valence-corrected chi connectivity index (χ2v) is 11.3. The molecule has 4 aromatic rings. The first-order valence-corrected chi connectivity index (χ1v) is 14.0. The SMILES string of the molecule is CCN(CC)c1ncc2c(n1)N(C(Cc1ccc(-n3c(=O)n(C)c4cccnc43)cc1)C(=O)OC(C)(C)C)C(C)N2. The molecule has 2 unspecified atom stereocenters. The number of imidazole rings is 1. The van der Waals surface area contributed by atoms with Crippen LogP contribution in [0.2, 0.25) is 0 Å². The molecule has 1 N–H and O–H groups in total. The maximum absolute atomic E-state index is 13.7. The molecular formula is C30H38N8O3. The van der Waals surface area contributed by atoms with E-state index in [-0.39, 0.29) is 17.8 Å². The summed E-state index contributed by atoms with van der Waals surface area (Å²) in [6.07, 6.45) is 3.64. The molecule has 4 heterocycles. The molecule has 0 fully saturated rings. The summed E-state index contributed by atoms with van der Waals surface area (Å²) >= 11 is 0. The fraction of sp³-hybridized carbons (Fsp3) is 0.433. The Balaban J connectivity index is 1.51. The average molecular weight is 559 g/mol. The van der Waals surface area contributed by atoms with Crippen molar-refractivity contribution in [2.75, 3.05) is 28.2 Å². The lowest BCUT2D eigenvalue weighted by Crippen LogP contribution is -2.50. The van der Waals surface area contributed by atoms with Gasteiger partial charge in [-0.3, -0.25) is 4.57 Å². The number of fused-ring (bicyclic) bond motifs is 2. The lowest BCUT2D eigenvalue weighted by molar-refractivity contribution is -0.156. The minimum absolute atomic E-state index is 0.171. The lowest BCUT2D eigenvalue weighted by Gasteiger charge is -2.33. The van der Waals surface area contributed by atoms with Gasteiger partial charge in [0, 0.05) is 32.8 Å². The van der Waals surface area contributed by atoms with Crippen molar-refractivity contribution < 1.29 is 9.53 Å². The highest BCUT2D eigenvalue weighted by atomic mass is 16.6. The Morgan fingerprint density at radius 3 is 2.49 bits per heavy atom. The third-order valence-corrected chi connectivity index (χ3v) is 7.28. The molecule has 2 atom stereocenters. The summed E-state index contributed by atoms with van der Waals surface area (Å²) in [6.45, 7) is 13.3. The molecule has 1 aliphatic heterocycles. The third-order valence-electron chi connectivity index (χ3n) is 7.28. The van der Waals surface area contributed by atoms with Crippen LogP contribution in [0.3, 0.4) is 0 Å². The molecule has 216 valence electrons.